The third-order valence-corrected chi connectivity index (χ3v) is 3.75. The molecule has 0 amide bonds. The molecule has 2 rings (SSSR count). The van der Waals surface area contributed by atoms with E-state index in [1.807, 2.05) is 0 Å². The molecule has 1 fully saturated rings. The molecule has 18 heavy (non-hydrogen) atoms. The van der Waals surface area contributed by atoms with E-state index in [1.165, 1.54) is 23.9 Å². The predicted octanol–water partition coefficient (Wildman–Crippen LogP) is 2.56. The SMILES string of the molecule is CCc1cccc(CC)c1N1CCC1C(=O)OC. The Bertz CT molecular complexity index is 420. The maximum atomic E-state index is 11.7. The fourth-order valence-corrected chi connectivity index (χ4v) is 2.62. The van der Waals surface area contributed by atoms with Crippen LogP contribution in [-0.4, -0.2) is 25.7 Å². The van der Waals surface area contributed by atoms with Crippen molar-refractivity contribution in [2.75, 3.05) is 18.6 Å². The summed E-state index contributed by atoms with van der Waals surface area (Å²) in [4.78, 5) is 13.9. The van der Waals surface area contributed by atoms with Crippen molar-refractivity contribution in [2.45, 2.75) is 39.2 Å². The molecule has 1 atom stereocenters. The fourth-order valence-electron chi connectivity index (χ4n) is 2.62. The minimum absolute atomic E-state index is 0.0898. The van der Waals surface area contributed by atoms with Gasteiger partial charge in [-0.1, -0.05) is 32.0 Å². The van der Waals surface area contributed by atoms with Gasteiger partial charge < -0.3 is 9.64 Å². The summed E-state index contributed by atoms with van der Waals surface area (Å²) in [5, 5.41) is 0. The Hall–Kier alpha value is -1.51. The highest BCUT2D eigenvalue weighted by Crippen LogP contribution is 2.34. The monoisotopic (exact) mass is 247 g/mol. The molecule has 1 aliphatic heterocycles. The summed E-state index contributed by atoms with van der Waals surface area (Å²) < 4.78 is 4.87. The van der Waals surface area contributed by atoms with Crippen molar-refractivity contribution in [3.05, 3.63) is 29.3 Å². The molecule has 3 nitrogen and oxygen atoms in total. The maximum absolute atomic E-state index is 11.7. The fraction of sp³-hybridized carbons (Fsp3) is 0.533. The third kappa shape index (κ3) is 2.09. The molecule has 0 aliphatic carbocycles. The first-order chi connectivity index (χ1) is 8.72. The van der Waals surface area contributed by atoms with Crippen molar-refractivity contribution in [2.24, 2.45) is 0 Å². The number of benzene rings is 1. The van der Waals surface area contributed by atoms with E-state index in [4.69, 9.17) is 4.74 Å². The normalized spacial score (nSPS) is 18.4. The average molecular weight is 247 g/mol. The summed E-state index contributed by atoms with van der Waals surface area (Å²) in [6.07, 6.45) is 2.88. The molecule has 0 saturated carbocycles. The van der Waals surface area contributed by atoms with Crippen LogP contribution in [0.3, 0.4) is 0 Å². The van der Waals surface area contributed by atoms with Crippen LogP contribution in [0.1, 0.15) is 31.4 Å². The number of hydrogen-bond acceptors (Lipinski definition) is 3. The van der Waals surface area contributed by atoms with Crippen LogP contribution in [0.2, 0.25) is 0 Å². The molecule has 1 aromatic carbocycles. The van der Waals surface area contributed by atoms with E-state index in [2.05, 4.69) is 36.9 Å². The minimum Gasteiger partial charge on any atom is -0.467 e. The lowest BCUT2D eigenvalue weighted by atomic mass is 9.95. The van der Waals surface area contributed by atoms with Gasteiger partial charge in [-0.25, -0.2) is 4.79 Å². The van der Waals surface area contributed by atoms with Crippen LogP contribution in [0, 0.1) is 0 Å². The summed E-state index contributed by atoms with van der Waals surface area (Å²) in [7, 11) is 1.46. The van der Waals surface area contributed by atoms with E-state index in [-0.39, 0.29) is 12.0 Å². The second kappa shape index (κ2) is 5.42. The van der Waals surface area contributed by atoms with Crippen molar-refractivity contribution in [3.8, 4) is 0 Å². The summed E-state index contributed by atoms with van der Waals surface area (Å²) in [6.45, 7) is 5.26. The van der Waals surface area contributed by atoms with Crippen molar-refractivity contribution >= 4 is 11.7 Å². The number of rotatable bonds is 4. The number of aryl methyl sites for hydroxylation is 2. The number of hydrogen-bond donors (Lipinski definition) is 0. The number of carbonyl (C=O) groups is 1. The van der Waals surface area contributed by atoms with Gasteiger partial charge in [0, 0.05) is 12.2 Å². The topological polar surface area (TPSA) is 29.5 Å². The molecule has 1 unspecified atom stereocenters. The smallest absolute Gasteiger partial charge is 0.328 e. The minimum atomic E-state index is -0.116. The van der Waals surface area contributed by atoms with Gasteiger partial charge in [-0.05, 0) is 30.4 Å². The Labute approximate surface area is 109 Å². The molecule has 1 heterocycles. The first-order valence-corrected chi connectivity index (χ1v) is 6.68. The lowest BCUT2D eigenvalue weighted by Crippen LogP contribution is -2.53. The van der Waals surface area contributed by atoms with Crippen LogP contribution in [0.5, 0.6) is 0 Å². The number of ether oxygens (including phenoxy) is 1. The van der Waals surface area contributed by atoms with Gasteiger partial charge in [0.2, 0.25) is 0 Å². The highest BCUT2D eigenvalue weighted by molar-refractivity contribution is 5.83. The van der Waals surface area contributed by atoms with E-state index >= 15 is 0 Å². The van der Waals surface area contributed by atoms with Crippen LogP contribution in [0.4, 0.5) is 5.69 Å². The second-order valence-corrected chi connectivity index (χ2v) is 4.65. The van der Waals surface area contributed by atoms with Crippen molar-refractivity contribution in [1.29, 1.82) is 0 Å². The second-order valence-electron chi connectivity index (χ2n) is 4.65. The Morgan fingerprint density at radius 2 is 1.94 bits per heavy atom. The Kier molecular flexibility index (Phi) is 3.90. The van der Waals surface area contributed by atoms with Crippen LogP contribution < -0.4 is 4.90 Å². The quantitative estimate of drug-likeness (QED) is 0.766. The molecule has 0 aromatic heterocycles. The number of anilines is 1. The number of carbonyl (C=O) groups excluding carboxylic acids is 1. The number of methoxy groups -OCH3 is 1. The van der Waals surface area contributed by atoms with Gasteiger partial charge >= 0.3 is 5.97 Å². The molecule has 1 saturated heterocycles. The molecule has 0 bridgehead atoms. The predicted molar refractivity (Wildman–Crippen MR) is 73.0 cm³/mol. The molecule has 0 spiro atoms. The Morgan fingerprint density at radius 1 is 1.33 bits per heavy atom. The largest absolute Gasteiger partial charge is 0.467 e. The summed E-state index contributed by atoms with van der Waals surface area (Å²) in [5.41, 5.74) is 3.90. The van der Waals surface area contributed by atoms with E-state index in [1.54, 1.807) is 0 Å². The molecule has 98 valence electrons. The lowest BCUT2D eigenvalue weighted by Gasteiger charge is -2.42. The molecule has 0 N–H and O–H groups in total. The summed E-state index contributed by atoms with van der Waals surface area (Å²) in [5.74, 6) is -0.116. The molecule has 1 aliphatic rings. The van der Waals surface area contributed by atoms with Crippen LogP contribution in [0.25, 0.3) is 0 Å². The first-order valence-electron chi connectivity index (χ1n) is 6.68. The molecular weight excluding hydrogens is 226 g/mol. The zero-order valence-corrected chi connectivity index (χ0v) is 11.4. The molecule has 1 aromatic rings. The molecular formula is C15H21NO2. The van der Waals surface area contributed by atoms with Crippen LogP contribution >= 0.6 is 0 Å². The van der Waals surface area contributed by atoms with Gasteiger partial charge in [-0.2, -0.15) is 0 Å². The van der Waals surface area contributed by atoms with Gasteiger partial charge in [0.25, 0.3) is 0 Å². The number of esters is 1. The Morgan fingerprint density at radius 3 is 2.33 bits per heavy atom. The van der Waals surface area contributed by atoms with Crippen LogP contribution in [-0.2, 0) is 22.4 Å². The standard InChI is InChI=1S/C15H21NO2/c1-4-11-7-6-8-12(5-2)14(11)16-10-9-13(16)15(17)18-3/h6-8,13H,4-5,9-10H2,1-3H3. The number of para-hydroxylation sites is 1. The molecule has 0 radical (unpaired) electrons. The van der Waals surface area contributed by atoms with Gasteiger partial charge in [0.1, 0.15) is 6.04 Å². The van der Waals surface area contributed by atoms with E-state index in [0.717, 1.165) is 25.8 Å². The zero-order chi connectivity index (χ0) is 13.1. The number of nitrogens with zero attached hydrogens (tertiary/aromatic N) is 1. The molecule has 3 heteroatoms. The van der Waals surface area contributed by atoms with Gasteiger partial charge in [0.05, 0.1) is 7.11 Å². The lowest BCUT2D eigenvalue weighted by molar-refractivity contribution is -0.143. The highest BCUT2D eigenvalue weighted by atomic mass is 16.5. The Balaban J connectivity index is 2.35. The van der Waals surface area contributed by atoms with Gasteiger partial charge in [0.15, 0.2) is 0 Å². The van der Waals surface area contributed by atoms with Crippen molar-refractivity contribution in [3.63, 3.8) is 0 Å². The highest BCUT2D eigenvalue weighted by Gasteiger charge is 2.36. The van der Waals surface area contributed by atoms with Crippen molar-refractivity contribution < 1.29 is 9.53 Å². The van der Waals surface area contributed by atoms with E-state index in [9.17, 15) is 4.79 Å². The summed E-state index contributed by atoms with van der Waals surface area (Å²) >= 11 is 0. The van der Waals surface area contributed by atoms with Crippen LogP contribution in [0.15, 0.2) is 18.2 Å². The third-order valence-electron chi connectivity index (χ3n) is 3.75. The zero-order valence-electron chi connectivity index (χ0n) is 11.4. The average Bonchev–Trinajstić information content (AvgIpc) is 2.37. The maximum Gasteiger partial charge on any atom is 0.328 e. The van der Waals surface area contributed by atoms with Crippen molar-refractivity contribution in [1.82, 2.24) is 0 Å². The van der Waals surface area contributed by atoms with Gasteiger partial charge in [-0.3, -0.25) is 0 Å². The summed E-state index contributed by atoms with van der Waals surface area (Å²) in [6, 6.07) is 6.32. The van der Waals surface area contributed by atoms with Gasteiger partial charge in [-0.15, -0.1) is 0 Å². The first kappa shape index (κ1) is 12.9. The van der Waals surface area contributed by atoms with E-state index < -0.39 is 0 Å². The van der Waals surface area contributed by atoms with E-state index in [0.29, 0.717) is 0 Å².